The summed E-state index contributed by atoms with van der Waals surface area (Å²) in [6.07, 6.45) is 0.556. The van der Waals surface area contributed by atoms with Crippen molar-refractivity contribution in [1.82, 2.24) is 0 Å². The molecule has 0 radical (unpaired) electrons. The zero-order valence-electron chi connectivity index (χ0n) is 5.52. The predicted molar refractivity (Wildman–Crippen MR) is 39.5 cm³/mol. The first kappa shape index (κ1) is 7.09. The van der Waals surface area contributed by atoms with Gasteiger partial charge in [0.15, 0.2) is 0 Å². The third-order valence-corrected chi connectivity index (χ3v) is 2.94. The minimum Gasteiger partial charge on any atom is -0.323 e. The maximum atomic E-state index is 10.6. The van der Waals surface area contributed by atoms with Crippen molar-refractivity contribution in [2.45, 2.75) is 18.9 Å². The standard InChI is InChI=1S/C6H11NOS/c1-5(8)2-6(7)3-9-4-6/h2-4,7H2,1H3. The van der Waals surface area contributed by atoms with Crippen molar-refractivity contribution in [3.8, 4) is 0 Å². The average molecular weight is 145 g/mol. The molecular formula is C6H11NOS. The van der Waals surface area contributed by atoms with Gasteiger partial charge in [0.1, 0.15) is 5.78 Å². The molecule has 0 bridgehead atoms. The van der Waals surface area contributed by atoms with Crippen molar-refractivity contribution in [1.29, 1.82) is 0 Å². The summed E-state index contributed by atoms with van der Waals surface area (Å²) in [6, 6.07) is 0. The normalized spacial score (nSPS) is 22.9. The molecule has 1 heterocycles. The first-order chi connectivity index (χ1) is 4.12. The smallest absolute Gasteiger partial charge is 0.131 e. The molecule has 1 saturated heterocycles. The van der Waals surface area contributed by atoms with Crippen LogP contribution in [0.2, 0.25) is 0 Å². The molecule has 1 fully saturated rings. The van der Waals surface area contributed by atoms with E-state index >= 15 is 0 Å². The molecule has 0 aliphatic carbocycles. The molecule has 0 aromatic rings. The van der Waals surface area contributed by atoms with Crippen molar-refractivity contribution in [2.75, 3.05) is 11.5 Å². The Balaban J connectivity index is 2.33. The zero-order chi connectivity index (χ0) is 6.91. The molecule has 1 aliphatic rings. The van der Waals surface area contributed by atoms with Gasteiger partial charge in [0, 0.05) is 23.5 Å². The lowest BCUT2D eigenvalue weighted by atomic mass is 9.98. The lowest BCUT2D eigenvalue weighted by molar-refractivity contribution is -0.117. The van der Waals surface area contributed by atoms with E-state index in [1.54, 1.807) is 6.92 Å². The van der Waals surface area contributed by atoms with E-state index in [9.17, 15) is 4.79 Å². The number of thioether (sulfide) groups is 1. The van der Waals surface area contributed by atoms with Crippen LogP contribution < -0.4 is 5.73 Å². The minimum atomic E-state index is -0.142. The van der Waals surface area contributed by atoms with Crippen LogP contribution in [0.15, 0.2) is 0 Å². The third kappa shape index (κ3) is 1.69. The second-order valence-corrected chi connectivity index (χ2v) is 3.72. The number of nitrogens with two attached hydrogens (primary N) is 1. The Labute approximate surface area is 59.2 Å². The molecule has 0 unspecified atom stereocenters. The topological polar surface area (TPSA) is 43.1 Å². The number of Topliss-reactive ketones (excluding diaryl/α,β-unsaturated/α-hetero) is 1. The Morgan fingerprint density at radius 3 is 2.44 bits per heavy atom. The summed E-state index contributed by atoms with van der Waals surface area (Å²) < 4.78 is 0. The Morgan fingerprint density at radius 2 is 2.33 bits per heavy atom. The van der Waals surface area contributed by atoms with Crippen molar-refractivity contribution in [2.24, 2.45) is 5.73 Å². The zero-order valence-corrected chi connectivity index (χ0v) is 6.33. The maximum absolute atomic E-state index is 10.6. The maximum Gasteiger partial charge on any atom is 0.131 e. The fourth-order valence-corrected chi connectivity index (χ4v) is 1.89. The highest BCUT2D eigenvalue weighted by Crippen LogP contribution is 2.29. The summed E-state index contributed by atoms with van der Waals surface area (Å²) in [5.74, 6) is 2.11. The largest absolute Gasteiger partial charge is 0.323 e. The van der Waals surface area contributed by atoms with Crippen LogP contribution >= 0.6 is 11.8 Å². The van der Waals surface area contributed by atoms with Crippen LogP contribution in [0.5, 0.6) is 0 Å². The molecule has 0 amide bonds. The van der Waals surface area contributed by atoms with Gasteiger partial charge < -0.3 is 5.73 Å². The van der Waals surface area contributed by atoms with Crippen LogP contribution in [-0.2, 0) is 4.79 Å². The molecule has 2 nitrogen and oxygen atoms in total. The van der Waals surface area contributed by atoms with Gasteiger partial charge in [-0.15, -0.1) is 0 Å². The van der Waals surface area contributed by atoms with Gasteiger partial charge in [0.2, 0.25) is 0 Å². The predicted octanol–water partition coefficient (Wildman–Crippen LogP) is 0.410. The Morgan fingerprint density at radius 1 is 1.78 bits per heavy atom. The fourth-order valence-electron chi connectivity index (χ4n) is 0.962. The van der Waals surface area contributed by atoms with E-state index in [2.05, 4.69) is 0 Å². The second kappa shape index (κ2) is 2.31. The molecular weight excluding hydrogens is 134 g/mol. The molecule has 0 spiro atoms. The molecule has 0 aromatic heterocycles. The van der Waals surface area contributed by atoms with E-state index in [1.165, 1.54) is 0 Å². The number of rotatable bonds is 2. The first-order valence-electron chi connectivity index (χ1n) is 2.98. The van der Waals surface area contributed by atoms with Crippen molar-refractivity contribution < 1.29 is 4.79 Å². The summed E-state index contributed by atoms with van der Waals surface area (Å²) in [5.41, 5.74) is 5.62. The second-order valence-electron chi connectivity index (χ2n) is 2.73. The van der Waals surface area contributed by atoms with Gasteiger partial charge in [-0.2, -0.15) is 11.8 Å². The summed E-state index contributed by atoms with van der Waals surface area (Å²) in [4.78, 5) is 10.6. The van der Waals surface area contributed by atoms with Gasteiger partial charge in [-0.3, -0.25) is 4.79 Å². The molecule has 1 rings (SSSR count). The Kier molecular flexibility index (Phi) is 1.82. The number of hydrogen-bond acceptors (Lipinski definition) is 3. The lowest BCUT2D eigenvalue weighted by Gasteiger charge is -2.36. The Hall–Kier alpha value is -0.0200. The van der Waals surface area contributed by atoms with Crippen LogP contribution in [0.3, 0.4) is 0 Å². The van der Waals surface area contributed by atoms with Crippen LogP contribution in [0, 0.1) is 0 Å². The summed E-state index contributed by atoms with van der Waals surface area (Å²) in [7, 11) is 0. The highest BCUT2D eigenvalue weighted by molar-refractivity contribution is 8.00. The van der Waals surface area contributed by atoms with E-state index in [0.717, 1.165) is 11.5 Å². The minimum absolute atomic E-state index is 0.142. The summed E-state index contributed by atoms with van der Waals surface area (Å²) in [6.45, 7) is 1.59. The van der Waals surface area contributed by atoms with Crippen LogP contribution in [0.1, 0.15) is 13.3 Å². The van der Waals surface area contributed by atoms with E-state index in [0.29, 0.717) is 6.42 Å². The molecule has 3 heteroatoms. The number of carbonyl (C=O) groups is 1. The number of ketones is 1. The molecule has 9 heavy (non-hydrogen) atoms. The van der Waals surface area contributed by atoms with Gasteiger partial charge >= 0.3 is 0 Å². The summed E-state index contributed by atoms with van der Waals surface area (Å²) in [5, 5.41) is 0. The summed E-state index contributed by atoms with van der Waals surface area (Å²) >= 11 is 1.81. The van der Waals surface area contributed by atoms with Gasteiger partial charge in [0.05, 0.1) is 0 Å². The first-order valence-corrected chi connectivity index (χ1v) is 4.14. The van der Waals surface area contributed by atoms with Crippen molar-refractivity contribution in [3.63, 3.8) is 0 Å². The van der Waals surface area contributed by atoms with Crippen LogP contribution in [0.4, 0.5) is 0 Å². The number of carbonyl (C=O) groups excluding carboxylic acids is 1. The monoisotopic (exact) mass is 145 g/mol. The molecule has 1 aliphatic heterocycles. The highest BCUT2D eigenvalue weighted by Gasteiger charge is 2.34. The van der Waals surface area contributed by atoms with Gasteiger partial charge in [-0.05, 0) is 6.92 Å². The highest BCUT2D eigenvalue weighted by atomic mass is 32.2. The lowest BCUT2D eigenvalue weighted by Crippen LogP contribution is -2.53. The molecule has 0 saturated carbocycles. The third-order valence-electron chi connectivity index (χ3n) is 1.38. The van der Waals surface area contributed by atoms with Gasteiger partial charge in [-0.1, -0.05) is 0 Å². The number of hydrogen-bond donors (Lipinski definition) is 1. The SMILES string of the molecule is CC(=O)CC1(N)CSC1. The fraction of sp³-hybridized carbons (Fsp3) is 0.833. The van der Waals surface area contributed by atoms with Crippen molar-refractivity contribution in [3.05, 3.63) is 0 Å². The molecule has 52 valence electrons. The average Bonchev–Trinajstić information content (AvgIpc) is 1.60. The van der Waals surface area contributed by atoms with E-state index < -0.39 is 0 Å². The Bertz CT molecular complexity index is 131. The van der Waals surface area contributed by atoms with E-state index in [-0.39, 0.29) is 11.3 Å². The van der Waals surface area contributed by atoms with E-state index in [1.807, 2.05) is 11.8 Å². The van der Waals surface area contributed by atoms with Gasteiger partial charge in [-0.25, -0.2) is 0 Å². The van der Waals surface area contributed by atoms with Crippen LogP contribution in [-0.4, -0.2) is 22.8 Å². The van der Waals surface area contributed by atoms with Gasteiger partial charge in [0.25, 0.3) is 0 Å². The van der Waals surface area contributed by atoms with Crippen LogP contribution in [0.25, 0.3) is 0 Å². The quantitative estimate of drug-likeness (QED) is 0.612. The molecule has 2 N–H and O–H groups in total. The molecule has 0 aromatic carbocycles. The molecule has 0 atom stereocenters. The van der Waals surface area contributed by atoms with Crippen molar-refractivity contribution >= 4 is 17.5 Å². The van der Waals surface area contributed by atoms with E-state index in [4.69, 9.17) is 5.73 Å².